The lowest BCUT2D eigenvalue weighted by atomic mass is 10.1. The second-order valence-electron chi connectivity index (χ2n) is 4.31. The van der Waals surface area contributed by atoms with Gasteiger partial charge in [0.1, 0.15) is 5.75 Å². The van der Waals surface area contributed by atoms with Crippen LogP contribution in [-0.4, -0.2) is 29.3 Å². The lowest BCUT2D eigenvalue weighted by Crippen LogP contribution is -2.28. The van der Waals surface area contributed by atoms with Crippen LogP contribution in [0.4, 0.5) is 0 Å². The van der Waals surface area contributed by atoms with Crippen LogP contribution in [0.3, 0.4) is 0 Å². The third-order valence-electron chi connectivity index (χ3n) is 2.98. The Hall–Kier alpha value is -1.82. The van der Waals surface area contributed by atoms with Gasteiger partial charge in [-0.05, 0) is 35.0 Å². The highest BCUT2D eigenvalue weighted by Gasteiger charge is 2.11. The van der Waals surface area contributed by atoms with Crippen molar-refractivity contribution in [2.45, 2.75) is 13.5 Å². The van der Waals surface area contributed by atoms with E-state index >= 15 is 0 Å². The molecule has 0 radical (unpaired) electrons. The molecular weight excluding hydrogens is 322 g/mol. The summed E-state index contributed by atoms with van der Waals surface area (Å²) in [4.78, 5) is 12.1. The van der Waals surface area contributed by atoms with Gasteiger partial charge in [-0.3, -0.25) is 9.48 Å². The highest BCUT2D eigenvalue weighted by atomic mass is 79.9. The monoisotopic (exact) mass is 337 g/mol. The zero-order valence-electron chi connectivity index (χ0n) is 11.4. The molecule has 0 atom stereocenters. The molecule has 0 spiro atoms. The summed E-state index contributed by atoms with van der Waals surface area (Å²) in [7, 11) is 1.60. The summed E-state index contributed by atoms with van der Waals surface area (Å²) >= 11 is 3.33. The fraction of sp³-hybridized carbons (Fsp3) is 0.286. The lowest BCUT2D eigenvalue weighted by molar-refractivity contribution is 0.0951. The SMILES string of the molecule is COc1cccc(C(=O)NCCn2cc(Br)cn2)c1C. The van der Waals surface area contributed by atoms with Gasteiger partial charge in [-0.15, -0.1) is 0 Å². The fourth-order valence-corrected chi connectivity index (χ4v) is 2.25. The smallest absolute Gasteiger partial charge is 0.251 e. The van der Waals surface area contributed by atoms with Crippen LogP contribution in [-0.2, 0) is 6.54 Å². The van der Waals surface area contributed by atoms with Crippen molar-refractivity contribution in [2.24, 2.45) is 0 Å². The Labute approximate surface area is 126 Å². The van der Waals surface area contributed by atoms with Gasteiger partial charge in [0.2, 0.25) is 0 Å². The van der Waals surface area contributed by atoms with Crippen molar-refractivity contribution >= 4 is 21.8 Å². The van der Waals surface area contributed by atoms with Crippen molar-refractivity contribution in [1.29, 1.82) is 0 Å². The maximum atomic E-state index is 12.1. The average molecular weight is 338 g/mol. The summed E-state index contributed by atoms with van der Waals surface area (Å²) in [5.74, 6) is 0.612. The van der Waals surface area contributed by atoms with Gasteiger partial charge < -0.3 is 10.1 Å². The highest BCUT2D eigenvalue weighted by Crippen LogP contribution is 2.20. The molecule has 2 rings (SSSR count). The molecular formula is C14H16BrN3O2. The van der Waals surface area contributed by atoms with Crippen LogP contribution in [0.1, 0.15) is 15.9 Å². The predicted octanol–water partition coefficient (Wildman–Crippen LogP) is 2.39. The number of carbonyl (C=O) groups is 1. The Morgan fingerprint density at radius 1 is 1.50 bits per heavy atom. The molecule has 5 nitrogen and oxygen atoms in total. The van der Waals surface area contributed by atoms with Crippen LogP contribution in [0.15, 0.2) is 35.1 Å². The Balaban J connectivity index is 1.95. The molecule has 1 N–H and O–H groups in total. The van der Waals surface area contributed by atoms with Gasteiger partial charge in [0.25, 0.3) is 5.91 Å². The summed E-state index contributed by atoms with van der Waals surface area (Å²) < 4.78 is 7.90. The first-order valence-electron chi connectivity index (χ1n) is 6.21. The third kappa shape index (κ3) is 3.39. The summed E-state index contributed by atoms with van der Waals surface area (Å²) in [6.45, 7) is 3.02. The summed E-state index contributed by atoms with van der Waals surface area (Å²) in [6, 6.07) is 5.44. The van der Waals surface area contributed by atoms with Crippen molar-refractivity contribution in [1.82, 2.24) is 15.1 Å². The van der Waals surface area contributed by atoms with E-state index in [1.165, 1.54) is 0 Å². The molecule has 0 saturated heterocycles. The van der Waals surface area contributed by atoms with E-state index in [9.17, 15) is 4.79 Å². The number of aromatic nitrogens is 2. The number of rotatable bonds is 5. The van der Waals surface area contributed by atoms with Crippen molar-refractivity contribution in [3.63, 3.8) is 0 Å². The molecule has 1 heterocycles. The highest BCUT2D eigenvalue weighted by molar-refractivity contribution is 9.10. The quantitative estimate of drug-likeness (QED) is 0.911. The lowest BCUT2D eigenvalue weighted by Gasteiger charge is -2.10. The minimum absolute atomic E-state index is 0.104. The van der Waals surface area contributed by atoms with Gasteiger partial charge in [0.05, 0.1) is 24.3 Å². The predicted molar refractivity (Wildman–Crippen MR) is 80.0 cm³/mol. The fourth-order valence-electron chi connectivity index (χ4n) is 1.92. The second kappa shape index (κ2) is 6.56. The first-order chi connectivity index (χ1) is 9.61. The number of nitrogens with zero attached hydrogens (tertiary/aromatic N) is 2. The van der Waals surface area contributed by atoms with Gasteiger partial charge in [-0.25, -0.2) is 0 Å². The molecule has 0 aliphatic carbocycles. The first-order valence-corrected chi connectivity index (χ1v) is 7.01. The van der Waals surface area contributed by atoms with Crippen LogP contribution in [0.25, 0.3) is 0 Å². The van der Waals surface area contributed by atoms with E-state index in [0.29, 0.717) is 24.4 Å². The maximum absolute atomic E-state index is 12.1. The molecule has 0 saturated carbocycles. The topological polar surface area (TPSA) is 56.1 Å². The molecule has 1 amide bonds. The van der Waals surface area contributed by atoms with E-state index in [1.807, 2.05) is 25.3 Å². The van der Waals surface area contributed by atoms with Gasteiger partial charge >= 0.3 is 0 Å². The number of ether oxygens (including phenoxy) is 1. The standard InChI is InChI=1S/C14H16BrN3O2/c1-10-12(4-3-5-13(10)20-2)14(19)16-6-7-18-9-11(15)8-17-18/h3-5,8-9H,6-7H2,1-2H3,(H,16,19). The summed E-state index contributed by atoms with van der Waals surface area (Å²) in [5.41, 5.74) is 1.47. The van der Waals surface area contributed by atoms with E-state index in [4.69, 9.17) is 4.74 Å². The van der Waals surface area contributed by atoms with E-state index in [0.717, 1.165) is 10.0 Å². The van der Waals surface area contributed by atoms with Crippen molar-refractivity contribution < 1.29 is 9.53 Å². The number of amides is 1. The Bertz CT molecular complexity index is 610. The largest absolute Gasteiger partial charge is 0.496 e. The van der Waals surface area contributed by atoms with E-state index < -0.39 is 0 Å². The number of methoxy groups -OCH3 is 1. The number of carbonyl (C=O) groups excluding carboxylic acids is 1. The molecule has 6 heteroatoms. The Morgan fingerprint density at radius 2 is 2.30 bits per heavy atom. The summed E-state index contributed by atoms with van der Waals surface area (Å²) in [6.07, 6.45) is 3.58. The minimum Gasteiger partial charge on any atom is -0.496 e. The van der Waals surface area contributed by atoms with Gasteiger partial charge in [-0.1, -0.05) is 6.07 Å². The van der Waals surface area contributed by atoms with Crippen molar-refractivity contribution in [3.05, 3.63) is 46.2 Å². The zero-order chi connectivity index (χ0) is 14.5. The normalized spacial score (nSPS) is 10.3. The molecule has 0 fully saturated rings. The Morgan fingerprint density at radius 3 is 2.95 bits per heavy atom. The second-order valence-corrected chi connectivity index (χ2v) is 5.23. The van der Waals surface area contributed by atoms with Gasteiger partial charge in [-0.2, -0.15) is 5.10 Å². The molecule has 0 bridgehead atoms. The third-order valence-corrected chi connectivity index (χ3v) is 3.39. The number of hydrogen-bond donors (Lipinski definition) is 1. The minimum atomic E-state index is -0.104. The first kappa shape index (κ1) is 14.6. The molecule has 2 aromatic rings. The van der Waals surface area contributed by atoms with Gasteiger partial charge in [0.15, 0.2) is 0 Å². The molecule has 0 unspecified atom stereocenters. The van der Waals surface area contributed by atoms with E-state index in [-0.39, 0.29) is 5.91 Å². The zero-order valence-corrected chi connectivity index (χ0v) is 13.0. The molecule has 20 heavy (non-hydrogen) atoms. The molecule has 0 aliphatic heterocycles. The van der Waals surface area contributed by atoms with Crippen LogP contribution < -0.4 is 10.1 Å². The molecule has 106 valence electrons. The molecule has 1 aromatic heterocycles. The van der Waals surface area contributed by atoms with Gasteiger partial charge in [0, 0.05) is 23.9 Å². The number of nitrogens with one attached hydrogen (secondary N) is 1. The number of hydrogen-bond acceptors (Lipinski definition) is 3. The van der Waals surface area contributed by atoms with Crippen LogP contribution >= 0.6 is 15.9 Å². The maximum Gasteiger partial charge on any atom is 0.251 e. The van der Waals surface area contributed by atoms with E-state index in [1.54, 1.807) is 24.1 Å². The molecule has 1 aromatic carbocycles. The van der Waals surface area contributed by atoms with Crippen LogP contribution in [0.2, 0.25) is 0 Å². The molecule has 0 aliphatic rings. The van der Waals surface area contributed by atoms with E-state index in [2.05, 4.69) is 26.3 Å². The number of benzene rings is 1. The number of halogens is 1. The van der Waals surface area contributed by atoms with Crippen LogP contribution in [0, 0.1) is 6.92 Å². The Kier molecular flexibility index (Phi) is 4.79. The van der Waals surface area contributed by atoms with Crippen LogP contribution in [0.5, 0.6) is 5.75 Å². The van der Waals surface area contributed by atoms with Crippen molar-refractivity contribution in [2.75, 3.05) is 13.7 Å². The summed E-state index contributed by atoms with van der Waals surface area (Å²) in [5, 5.41) is 7.01. The average Bonchev–Trinajstić information content (AvgIpc) is 2.84. The van der Waals surface area contributed by atoms with Crippen molar-refractivity contribution in [3.8, 4) is 5.75 Å².